The Morgan fingerprint density at radius 2 is 0.587 bits per heavy atom. The molecule has 6 heterocycles. The molecule has 0 saturated heterocycles. The highest BCUT2D eigenvalue weighted by atomic mass is 14.9. The molecule has 1 saturated carbocycles. The fourth-order valence-corrected chi connectivity index (χ4v) is 12.2. The highest BCUT2D eigenvalue weighted by Gasteiger charge is 2.91. The summed E-state index contributed by atoms with van der Waals surface area (Å²) in [5.41, 5.74) is 15.2. The molecule has 3 aromatic heterocycles. The minimum absolute atomic E-state index is 0.524. The van der Waals surface area contributed by atoms with Crippen LogP contribution in [0.3, 0.4) is 0 Å². The zero-order valence-electron chi connectivity index (χ0n) is 33.5. The minimum Gasteiger partial charge on any atom is -0.256 e. The molecule has 3 aliphatic heterocycles. The Balaban J connectivity index is 1.43. The van der Waals surface area contributed by atoms with Gasteiger partial charge < -0.3 is 0 Å². The van der Waals surface area contributed by atoms with E-state index in [1.165, 1.54) is 0 Å². The van der Waals surface area contributed by atoms with Crippen LogP contribution in [-0.4, -0.2) is 15.0 Å². The van der Waals surface area contributed by atoms with E-state index in [9.17, 15) is 15.8 Å². The van der Waals surface area contributed by atoms with Crippen molar-refractivity contribution in [1.29, 1.82) is 15.8 Å². The Hall–Kier alpha value is -8.76. The van der Waals surface area contributed by atoms with Gasteiger partial charge in [0.2, 0.25) is 0 Å². The van der Waals surface area contributed by atoms with Crippen molar-refractivity contribution >= 4 is 0 Å². The lowest BCUT2D eigenvalue weighted by Gasteiger charge is -2.34. The fourth-order valence-electron chi connectivity index (χ4n) is 12.2. The molecule has 6 bridgehead atoms. The lowest BCUT2D eigenvalue weighted by molar-refractivity contribution is 0.694. The third-order valence-corrected chi connectivity index (χ3v) is 14.3. The van der Waals surface area contributed by atoms with Gasteiger partial charge >= 0.3 is 0 Å². The first-order chi connectivity index (χ1) is 31.1. The second kappa shape index (κ2) is 12.4. The quantitative estimate of drug-likeness (QED) is 0.151. The zero-order valence-corrected chi connectivity index (χ0v) is 33.5. The van der Waals surface area contributed by atoms with Crippen LogP contribution in [0, 0.1) is 34.0 Å². The first-order valence-electron chi connectivity index (χ1n) is 20.9. The van der Waals surface area contributed by atoms with Crippen molar-refractivity contribution in [2.75, 3.05) is 0 Å². The molecule has 16 rings (SSSR count). The van der Waals surface area contributed by atoms with Crippen molar-refractivity contribution in [3.63, 3.8) is 0 Å². The average Bonchev–Trinajstić information content (AvgIpc) is 3.95. The van der Waals surface area contributed by atoms with Crippen LogP contribution in [0.25, 0.3) is 67.2 Å². The van der Waals surface area contributed by atoms with Crippen molar-refractivity contribution in [2.45, 2.75) is 16.2 Å². The average molecular weight is 799 g/mol. The van der Waals surface area contributed by atoms with Crippen LogP contribution in [0.2, 0.25) is 0 Å². The SMILES string of the molecule is N#Cc1ccc2c(c1)-c1ccc(cn1)-c1ccccc1C13c4ccc(C#N)cc4-c4ccc(cn4)-c4ccccc4C14c1ccc(C#N)cc1-c1ccc(cn1)-c1ccccc1C234. The van der Waals surface area contributed by atoms with Gasteiger partial charge in [0, 0.05) is 52.0 Å². The molecule has 288 valence electrons. The van der Waals surface area contributed by atoms with E-state index in [-0.39, 0.29) is 0 Å². The lowest BCUT2D eigenvalue weighted by Crippen LogP contribution is -2.28. The third-order valence-electron chi connectivity index (χ3n) is 14.3. The largest absolute Gasteiger partial charge is 0.256 e. The number of aromatic nitrogens is 3. The number of nitriles is 3. The number of nitrogens with zero attached hydrogens (tertiary/aromatic N) is 6. The molecular weight excluding hydrogens is 769 g/mol. The topological polar surface area (TPSA) is 110 Å². The molecule has 3 spiro atoms. The van der Waals surface area contributed by atoms with E-state index in [1.54, 1.807) is 0 Å². The molecule has 1 fully saturated rings. The van der Waals surface area contributed by atoms with E-state index >= 15 is 0 Å². The molecule has 6 heteroatoms. The molecule has 7 aliphatic rings. The first kappa shape index (κ1) is 35.0. The summed E-state index contributed by atoms with van der Waals surface area (Å²) in [5, 5.41) is 31.9. The molecular formula is C57H30N6. The highest BCUT2D eigenvalue weighted by Crippen LogP contribution is 2.89. The summed E-state index contributed by atoms with van der Waals surface area (Å²) in [6.07, 6.45) is 5.87. The van der Waals surface area contributed by atoms with Crippen LogP contribution in [0.4, 0.5) is 0 Å². The Morgan fingerprint density at radius 3 is 0.857 bits per heavy atom. The van der Waals surface area contributed by atoms with Gasteiger partial charge in [-0.1, -0.05) is 109 Å². The Kier molecular flexibility index (Phi) is 6.90. The maximum atomic E-state index is 10.6. The Labute approximate surface area is 363 Å². The van der Waals surface area contributed by atoms with Gasteiger partial charge in [0.05, 0.1) is 68.2 Å². The van der Waals surface area contributed by atoms with Crippen LogP contribution in [0.15, 0.2) is 182 Å². The summed E-state index contributed by atoms with van der Waals surface area (Å²) < 4.78 is 0. The molecule has 0 radical (unpaired) electrons. The maximum absolute atomic E-state index is 10.6. The van der Waals surface area contributed by atoms with Gasteiger partial charge in [-0.05, 0) is 105 Å². The van der Waals surface area contributed by atoms with E-state index in [0.29, 0.717) is 16.7 Å². The van der Waals surface area contributed by atoms with E-state index < -0.39 is 16.2 Å². The highest BCUT2D eigenvalue weighted by molar-refractivity contribution is 5.98. The van der Waals surface area contributed by atoms with Gasteiger partial charge in [0.15, 0.2) is 0 Å². The normalized spacial score (nSPS) is 19.6. The second-order valence-electron chi connectivity index (χ2n) is 16.8. The zero-order chi connectivity index (χ0) is 42.1. The standard InChI is InChI=1S/C57H30N6/c58-28-34-13-19-49-43(25-34)53-23-17-38(32-62-53)41-8-3-6-12-48(41)57-51-21-15-36(30-60)27-45(51)54-24-18-39(33-63-54)42-9-2-5-11-47(42)56(57)50-20-14-35(29-59)26-44(50)52-22-16-37(31-61-52)40-7-1-4-10-46(40)55(49,56)57/h1-27,31-33H. The van der Waals surface area contributed by atoms with Gasteiger partial charge in [0.25, 0.3) is 0 Å². The lowest BCUT2D eigenvalue weighted by atomic mass is 9.68. The summed E-state index contributed by atoms with van der Waals surface area (Å²) in [4.78, 5) is 15.7. The van der Waals surface area contributed by atoms with Gasteiger partial charge in [-0.2, -0.15) is 15.8 Å². The Morgan fingerprint density at radius 1 is 0.302 bits per heavy atom. The van der Waals surface area contributed by atoms with Gasteiger partial charge in [-0.3, -0.25) is 15.0 Å². The molecule has 6 aromatic carbocycles. The second-order valence-corrected chi connectivity index (χ2v) is 16.8. The van der Waals surface area contributed by atoms with E-state index in [2.05, 4.69) is 146 Å². The summed E-state index contributed by atoms with van der Waals surface area (Å²) in [7, 11) is 0. The predicted octanol–water partition coefficient (Wildman–Crippen LogP) is 11.7. The molecule has 63 heavy (non-hydrogen) atoms. The van der Waals surface area contributed by atoms with Crippen LogP contribution in [-0.2, 0) is 16.2 Å². The van der Waals surface area contributed by atoms with Gasteiger partial charge in [0.1, 0.15) is 0 Å². The summed E-state index contributed by atoms with van der Waals surface area (Å²) in [6.45, 7) is 0. The van der Waals surface area contributed by atoms with Crippen LogP contribution in [0.1, 0.15) is 50.1 Å². The van der Waals surface area contributed by atoms with Gasteiger partial charge in [-0.15, -0.1) is 0 Å². The van der Waals surface area contributed by atoms with Gasteiger partial charge in [-0.25, -0.2) is 0 Å². The molecule has 0 amide bonds. The number of rotatable bonds is 0. The summed E-state index contributed by atoms with van der Waals surface area (Å²) in [6, 6.07) is 64.6. The maximum Gasteiger partial charge on any atom is 0.0991 e. The van der Waals surface area contributed by atoms with Crippen molar-refractivity contribution in [3.05, 3.63) is 232 Å². The smallest absolute Gasteiger partial charge is 0.0991 e. The number of hydrogen-bond acceptors (Lipinski definition) is 6. The van der Waals surface area contributed by atoms with Crippen LogP contribution < -0.4 is 0 Å². The third kappa shape index (κ3) is 4.12. The van der Waals surface area contributed by atoms with E-state index in [4.69, 9.17) is 15.0 Å². The molecule has 0 atom stereocenters. The minimum atomic E-state index is -1.07. The summed E-state index contributed by atoms with van der Waals surface area (Å²) in [5.74, 6) is 0. The molecule has 6 nitrogen and oxygen atoms in total. The number of benzene rings is 6. The number of hydrogen-bond donors (Lipinski definition) is 0. The Bertz CT molecular complexity index is 3210. The van der Waals surface area contributed by atoms with Crippen molar-refractivity contribution in [3.8, 4) is 85.4 Å². The van der Waals surface area contributed by atoms with Crippen LogP contribution in [0.5, 0.6) is 0 Å². The summed E-state index contributed by atoms with van der Waals surface area (Å²) >= 11 is 0. The molecule has 4 aliphatic carbocycles. The first-order valence-corrected chi connectivity index (χ1v) is 20.9. The number of fused-ring (bicyclic) bond motifs is 6. The monoisotopic (exact) mass is 798 g/mol. The molecule has 0 unspecified atom stereocenters. The predicted molar refractivity (Wildman–Crippen MR) is 242 cm³/mol. The van der Waals surface area contributed by atoms with Crippen molar-refractivity contribution in [1.82, 2.24) is 15.0 Å². The number of pyridine rings is 3. The van der Waals surface area contributed by atoms with E-state index in [0.717, 1.165) is 101 Å². The molecule has 9 aromatic rings. The van der Waals surface area contributed by atoms with Crippen molar-refractivity contribution in [2.24, 2.45) is 0 Å². The van der Waals surface area contributed by atoms with Crippen molar-refractivity contribution < 1.29 is 0 Å². The molecule has 0 N–H and O–H groups in total. The van der Waals surface area contributed by atoms with E-state index in [1.807, 2.05) is 55.0 Å². The van der Waals surface area contributed by atoms with Crippen LogP contribution >= 0.6 is 0 Å². The fraction of sp³-hybridized carbons (Fsp3) is 0.0526.